The number of barbiturate groups is 1. The van der Waals surface area contributed by atoms with Gasteiger partial charge in [-0.3, -0.25) is 34.8 Å². The number of piperazine rings is 1. The standard InChI is InChI=1S/C29H27N5O5/c35-26-29(27(36)33(28(37)30-26)18-21-9-5-2-6-10-21)16-22-15-23(34(38)39)11-12-24(22)32-14-13-31(19-25(29)32)17-20-7-3-1-4-8-20/h1-12,15,25H,13-14,16-19H2,(H,30,35,37)/t25-,29-/m0/s1. The molecule has 10 nitrogen and oxygen atoms in total. The van der Waals surface area contributed by atoms with Crippen molar-refractivity contribution >= 4 is 29.2 Å². The number of nitro groups is 1. The minimum Gasteiger partial charge on any atom is -0.364 e. The molecule has 2 atom stereocenters. The van der Waals surface area contributed by atoms with Crippen LogP contribution in [0, 0.1) is 15.5 Å². The summed E-state index contributed by atoms with van der Waals surface area (Å²) in [4.78, 5) is 57.5. The number of rotatable bonds is 5. The molecule has 3 aliphatic rings. The maximum absolute atomic E-state index is 14.3. The number of nitro benzene ring substituents is 1. The minimum atomic E-state index is -1.62. The zero-order chi connectivity index (χ0) is 27.1. The number of urea groups is 1. The van der Waals surface area contributed by atoms with Gasteiger partial charge in [0, 0.05) is 50.4 Å². The highest BCUT2D eigenvalue weighted by Crippen LogP contribution is 2.46. The van der Waals surface area contributed by atoms with Crippen molar-refractivity contribution in [2.24, 2.45) is 5.41 Å². The number of nitrogens with one attached hydrogen (secondary N) is 1. The number of non-ortho nitro benzene ring substituents is 1. The lowest BCUT2D eigenvalue weighted by Gasteiger charge is -2.55. The van der Waals surface area contributed by atoms with Gasteiger partial charge in [0.15, 0.2) is 5.41 Å². The topological polar surface area (TPSA) is 116 Å². The molecule has 4 amide bonds. The van der Waals surface area contributed by atoms with Crippen LogP contribution in [-0.2, 0) is 29.1 Å². The predicted molar refractivity (Wildman–Crippen MR) is 143 cm³/mol. The predicted octanol–water partition coefficient (Wildman–Crippen LogP) is 3.11. The first kappa shape index (κ1) is 24.7. The maximum Gasteiger partial charge on any atom is 0.331 e. The molecule has 3 aliphatic heterocycles. The number of anilines is 1. The van der Waals surface area contributed by atoms with Crippen LogP contribution in [0.25, 0.3) is 0 Å². The molecular weight excluding hydrogens is 498 g/mol. The van der Waals surface area contributed by atoms with Gasteiger partial charge in [-0.15, -0.1) is 0 Å². The molecule has 0 bridgehead atoms. The molecule has 0 unspecified atom stereocenters. The van der Waals surface area contributed by atoms with E-state index in [-0.39, 0.29) is 18.7 Å². The Hall–Kier alpha value is -4.57. The van der Waals surface area contributed by atoms with E-state index in [0.717, 1.165) is 21.7 Å². The minimum absolute atomic E-state index is 0.0166. The molecule has 0 radical (unpaired) electrons. The van der Waals surface area contributed by atoms with Gasteiger partial charge in [-0.2, -0.15) is 0 Å². The quantitative estimate of drug-likeness (QED) is 0.309. The highest BCUT2D eigenvalue weighted by atomic mass is 16.6. The number of fused-ring (bicyclic) bond motifs is 4. The highest BCUT2D eigenvalue weighted by Gasteiger charge is 2.62. The normalized spacial score (nSPS) is 22.9. The van der Waals surface area contributed by atoms with Gasteiger partial charge in [-0.05, 0) is 22.8 Å². The Kier molecular flexibility index (Phi) is 6.11. The SMILES string of the molecule is O=C1NC(=O)[C@@]2(Cc3cc([N+](=O)[O-])ccc3N3CCN(Cc4ccccc4)C[C@H]32)C(=O)N1Cc1ccccc1. The largest absolute Gasteiger partial charge is 0.364 e. The van der Waals surface area contributed by atoms with E-state index in [1.165, 1.54) is 12.1 Å². The highest BCUT2D eigenvalue weighted by molar-refractivity contribution is 6.20. The van der Waals surface area contributed by atoms with Crippen molar-refractivity contribution in [1.82, 2.24) is 15.1 Å². The monoisotopic (exact) mass is 525 g/mol. The molecule has 2 fully saturated rings. The number of imide groups is 2. The third-order valence-electron chi connectivity index (χ3n) is 8.02. The van der Waals surface area contributed by atoms with Crippen LogP contribution < -0.4 is 10.2 Å². The molecular formula is C29H27N5O5. The van der Waals surface area contributed by atoms with Crippen LogP contribution in [0.3, 0.4) is 0 Å². The molecule has 39 heavy (non-hydrogen) atoms. The number of benzene rings is 3. The molecule has 0 aliphatic carbocycles. The molecule has 1 spiro atoms. The first-order chi connectivity index (χ1) is 18.9. The van der Waals surface area contributed by atoms with E-state index in [2.05, 4.69) is 10.2 Å². The third kappa shape index (κ3) is 4.22. The van der Waals surface area contributed by atoms with Crippen molar-refractivity contribution in [2.45, 2.75) is 25.6 Å². The van der Waals surface area contributed by atoms with Crippen LogP contribution in [0.2, 0.25) is 0 Å². The van der Waals surface area contributed by atoms with E-state index in [1.807, 2.05) is 65.6 Å². The zero-order valence-electron chi connectivity index (χ0n) is 21.2. The van der Waals surface area contributed by atoms with Crippen molar-refractivity contribution in [3.63, 3.8) is 0 Å². The van der Waals surface area contributed by atoms with Crippen molar-refractivity contribution in [3.8, 4) is 0 Å². The van der Waals surface area contributed by atoms with Crippen molar-refractivity contribution in [1.29, 1.82) is 0 Å². The summed E-state index contributed by atoms with van der Waals surface area (Å²) in [7, 11) is 0. The Morgan fingerprint density at radius 1 is 0.897 bits per heavy atom. The lowest BCUT2D eigenvalue weighted by molar-refractivity contribution is -0.384. The Balaban J connectivity index is 1.42. The smallest absolute Gasteiger partial charge is 0.331 e. The first-order valence-corrected chi connectivity index (χ1v) is 12.9. The number of hydrogen-bond acceptors (Lipinski definition) is 7. The lowest BCUT2D eigenvalue weighted by Crippen LogP contribution is -2.75. The van der Waals surface area contributed by atoms with Gasteiger partial charge in [0.25, 0.3) is 5.69 Å². The Morgan fingerprint density at radius 2 is 1.56 bits per heavy atom. The Labute approximate surface area is 225 Å². The summed E-state index contributed by atoms with van der Waals surface area (Å²) in [6.45, 7) is 2.29. The van der Waals surface area contributed by atoms with Crippen LogP contribution in [0.1, 0.15) is 16.7 Å². The molecule has 0 aromatic heterocycles. The molecule has 1 N–H and O–H groups in total. The maximum atomic E-state index is 14.3. The summed E-state index contributed by atoms with van der Waals surface area (Å²) >= 11 is 0. The van der Waals surface area contributed by atoms with Crippen molar-refractivity contribution < 1.29 is 19.3 Å². The fourth-order valence-electron chi connectivity index (χ4n) is 6.13. The van der Waals surface area contributed by atoms with Crippen LogP contribution in [0.4, 0.5) is 16.2 Å². The van der Waals surface area contributed by atoms with Crippen LogP contribution in [-0.4, -0.2) is 58.2 Å². The van der Waals surface area contributed by atoms with Crippen molar-refractivity contribution in [2.75, 3.05) is 24.5 Å². The van der Waals surface area contributed by atoms with Gasteiger partial charge in [-0.25, -0.2) is 4.79 Å². The number of carbonyl (C=O) groups is 3. The van der Waals surface area contributed by atoms with Gasteiger partial charge in [-0.1, -0.05) is 60.7 Å². The summed E-state index contributed by atoms with van der Waals surface area (Å²) in [5.74, 6) is -1.23. The molecule has 3 aromatic rings. The van der Waals surface area contributed by atoms with E-state index in [9.17, 15) is 24.5 Å². The summed E-state index contributed by atoms with van der Waals surface area (Å²) in [5.41, 5.74) is 1.47. The number of hydrogen-bond donors (Lipinski definition) is 1. The molecule has 198 valence electrons. The second-order valence-corrected chi connectivity index (χ2v) is 10.3. The van der Waals surface area contributed by atoms with E-state index >= 15 is 0 Å². The zero-order valence-corrected chi connectivity index (χ0v) is 21.2. The van der Waals surface area contributed by atoms with Gasteiger partial charge in [0.2, 0.25) is 11.8 Å². The van der Waals surface area contributed by atoms with Gasteiger partial charge in [0.05, 0.1) is 17.5 Å². The summed E-state index contributed by atoms with van der Waals surface area (Å²) in [6.07, 6.45) is -0.0341. The molecule has 3 aromatic carbocycles. The van der Waals surface area contributed by atoms with Crippen molar-refractivity contribution in [3.05, 3.63) is 106 Å². The van der Waals surface area contributed by atoms with E-state index in [0.29, 0.717) is 31.7 Å². The third-order valence-corrected chi connectivity index (χ3v) is 8.02. The van der Waals surface area contributed by atoms with E-state index in [1.54, 1.807) is 6.07 Å². The number of carbonyl (C=O) groups excluding carboxylic acids is 3. The average molecular weight is 526 g/mol. The van der Waals surface area contributed by atoms with E-state index < -0.39 is 34.2 Å². The average Bonchev–Trinajstić information content (AvgIpc) is 2.95. The number of nitrogens with zero attached hydrogens (tertiary/aromatic N) is 4. The second-order valence-electron chi connectivity index (χ2n) is 10.3. The van der Waals surface area contributed by atoms with Gasteiger partial charge >= 0.3 is 6.03 Å². The summed E-state index contributed by atoms with van der Waals surface area (Å²) < 4.78 is 0. The number of amides is 4. The fraction of sp³-hybridized carbons (Fsp3) is 0.276. The lowest BCUT2D eigenvalue weighted by atomic mass is 9.67. The van der Waals surface area contributed by atoms with E-state index in [4.69, 9.17) is 0 Å². The van der Waals surface area contributed by atoms with Gasteiger partial charge in [0.1, 0.15) is 0 Å². The van der Waals surface area contributed by atoms with Crippen LogP contribution in [0.15, 0.2) is 78.9 Å². The molecule has 10 heteroatoms. The second kappa shape index (κ2) is 9.63. The molecule has 6 rings (SSSR count). The van der Waals surface area contributed by atoms with Gasteiger partial charge < -0.3 is 4.90 Å². The van der Waals surface area contributed by atoms with Crippen LogP contribution in [0.5, 0.6) is 0 Å². The molecule has 2 saturated heterocycles. The fourth-order valence-corrected chi connectivity index (χ4v) is 6.13. The first-order valence-electron chi connectivity index (χ1n) is 12.9. The summed E-state index contributed by atoms with van der Waals surface area (Å²) in [5, 5.41) is 14.0. The van der Waals surface area contributed by atoms with Crippen LogP contribution >= 0.6 is 0 Å². The molecule has 3 heterocycles. The molecule has 0 saturated carbocycles. The Bertz CT molecular complexity index is 1460. The Morgan fingerprint density at radius 3 is 2.23 bits per heavy atom. The summed E-state index contributed by atoms with van der Waals surface area (Å²) in [6, 6.07) is 22.4.